The predicted molar refractivity (Wildman–Crippen MR) is 73.3 cm³/mol. The number of rotatable bonds is 1. The van der Waals surface area contributed by atoms with Crippen LogP contribution in [0, 0.1) is 6.92 Å². The SMILES string of the molecule is Cc1cc2c(c(=O)o1)C(c1ccc(Cl)cc1)CC(=O)O2. The van der Waals surface area contributed by atoms with Crippen LogP contribution in [0.2, 0.25) is 5.02 Å². The van der Waals surface area contributed by atoms with Gasteiger partial charge in [-0.2, -0.15) is 0 Å². The van der Waals surface area contributed by atoms with E-state index in [9.17, 15) is 9.59 Å². The van der Waals surface area contributed by atoms with Crippen LogP contribution in [0.4, 0.5) is 0 Å². The second kappa shape index (κ2) is 4.80. The number of fused-ring (bicyclic) bond motifs is 1. The van der Waals surface area contributed by atoms with Crippen LogP contribution >= 0.6 is 11.6 Å². The van der Waals surface area contributed by atoms with Crippen LogP contribution in [0.5, 0.6) is 5.75 Å². The fourth-order valence-electron chi connectivity index (χ4n) is 2.40. The van der Waals surface area contributed by atoms with Crippen molar-refractivity contribution in [2.75, 3.05) is 0 Å². The maximum absolute atomic E-state index is 12.1. The van der Waals surface area contributed by atoms with Gasteiger partial charge in [-0.25, -0.2) is 4.79 Å². The highest BCUT2D eigenvalue weighted by molar-refractivity contribution is 6.30. The maximum atomic E-state index is 12.1. The highest BCUT2D eigenvalue weighted by Gasteiger charge is 2.32. The van der Waals surface area contributed by atoms with Crippen molar-refractivity contribution >= 4 is 17.6 Å². The number of halogens is 1. The monoisotopic (exact) mass is 290 g/mol. The van der Waals surface area contributed by atoms with E-state index in [4.69, 9.17) is 20.8 Å². The maximum Gasteiger partial charge on any atom is 0.343 e. The van der Waals surface area contributed by atoms with Gasteiger partial charge in [-0.3, -0.25) is 4.79 Å². The lowest BCUT2D eigenvalue weighted by atomic mass is 9.87. The summed E-state index contributed by atoms with van der Waals surface area (Å²) in [6, 6.07) is 8.62. The molecule has 2 aromatic rings. The molecule has 4 nitrogen and oxygen atoms in total. The number of hydrogen-bond acceptors (Lipinski definition) is 4. The minimum absolute atomic E-state index is 0.114. The van der Waals surface area contributed by atoms with Crippen LogP contribution in [0.25, 0.3) is 0 Å². The van der Waals surface area contributed by atoms with Crippen LogP contribution in [0.1, 0.15) is 29.2 Å². The fraction of sp³-hybridized carbons (Fsp3) is 0.200. The van der Waals surface area contributed by atoms with Crippen LogP contribution in [0.3, 0.4) is 0 Å². The highest BCUT2D eigenvalue weighted by Crippen LogP contribution is 2.37. The molecule has 1 aromatic heterocycles. The minimum Gasteiger partial charge on any atom is -0.428 e. The molecule has 3 rings (SSSR count). The summed E-state index contributed by atoms with van der Waals surface area (Å²) in [5, 5.41) is 0.600. The average Bonchev–Trinajstić information content (AvgIpc) is 2.37. The molecule has 5 heteroatoms. The Labute approximate surface area is 119 Å². The number of aryl methyl sites for hydroxylation is 1. The predicted octanol–water partition coefficient (Wildman–Crippen LogP) is 3.04. The van der Waals surface area contributed by atoms with E-state index in [1.165, 1.54) is 0 Å². The number of hydrogen-bond donors (Lipinski definition) is 0. The van der Waals surface area contributed by atoms with Crippen molar-refractivity contribution in [3.8, 4) is 5.75 Å². The molecular formula is C15H11ClO4. The van der Waals surface area contributed by atoms with Gasteiger partial charge in [0.15, 0.2) is 0 Å². The number of esters is 1. The Bertz CT molecular complexity index is 731. The summed E-state index contributed by atoms with van der Waals surface area (Å²) in [5.74, 6) is -0.0175. The lowest BCUT2D eigenvalue weighted by molar-refractivity contribution is -0.135. The molecule has 0 spiro atoms. The summed E-state index contributed by atoms with van der Waals surface area (Å²) >= 11 is 5.86. The van der Waals surface area contributed by atoms with E-state index in [1.54, 1.807) is 37.3 Å². The molecule has 0 fully saturated rings. The summed E-state index contributed by atoms with van der Waals surface area (Å²) in [6.07, 6.45) is 0.114. The number of carbonyl (C=O) groups is 1. The zero-order valence-corrected chi connectivity index (χ0v) is 11.4. The van der Waals surface area contributed by atoms with Gasteiger partial charge in [-0.15, -0.1) is 0 Å². The van der Waals surface area contributed by atoms with Crippen LogP contribution in [-0.2, 0) is 4.79 Å². The van der Waals surface area contributed by atoms with Gasteiger partial charge < -0.3 is 9.15 Å². The van der Waals surface area contributed by atoms with Gasteiger partial charge >= 0.3 is 11.6 Å². The second-order valence-corrected chi connectivity index (χ2v) is 5.14. The lowest BCUT2D eigenvalue weighted by Gasteiger charge is -2.23. The molecular weight excluding hydrogens is 280 g/mol. The topological polar surface area (TPSA) is 56.5 Å². The number of benzene rings is 1. The summed E-state index contributed by atoms with van der Waals surface area (Å²) in [7, 11) is 0. The molecule has 0 bridgehead atoms. The van der Waals surface area contributed by atoms with Crippen LogP contribution in [0.15, 0.2) is 39.5 Å². The first-order valence-corrected chi connectivity index (χ1v) is 6.53. The van der Waals surface area contributed by atoms with Crippen molar-refractivity contribution in [1.29, 1.82) is 0 Å². The molecule has 1 unspecified atom stereocenters. The molecule has 0 saturated heterocycles. The normalized spacial score (nSPS) is 17.5. The van der Waals surface area contributed by atoms with Gasteiger partial charge in [0.2, 0.25) is 0 Å². The molecule has 0 saturated carbocycles. The molecule has 2 heterocycles. The quantitative estimate of drug-likeness (QED) is 0.758. The van der Waals surface area contributed by atoms with Gasteiger partial charge in [-0.1, -0.05) is 23.7 Å². The Kier molecular flexibility index (Phi) is 3.10. The number of ether oxygens (including phenoxy) is 1. The van der Waals surface area contributed by atoms with E-state index in [1.807, 2.05) is 0 Å². The van der Waals surface area contributed by atoms with E-state index in [2.05, 4.69) is 0 Å². The minimum atomic E-state index is -0.465. The Balaban J connectivity index is 2.17. The average molecular weight is 291 g/mol. The molecule has 0 amide bonds. The van der Waals surface area contributed by atoms with E-state index in [-0.39, 0.29) is 24.1 Å². The zero-order chi connectivity index (χ0) is 14.3. The highest BCUT2D eigenvalue weighted by atomic mass is 35.5. The first kappa shape index (κ1) is 12.9. The van der Waals surface area contributed by atoms with Crippen molar-refractivity contribution in [3.63, 3.8) is 0 Å². The van der Waals surface area contributed by atoms with E-state index >= 15 is 0 Å². The third kappa shape index (κ3) is 2.23. The van der Waals surface area contributed by atoms with Crippen molar-refractivity contribution in [3.05, 3.63) is 62.7 Å². The van der Waals surface area contributed by atoms with Crippen molar-refractivity contribution in [2.24, 2.45) is 0 Å². The molecule has 0 aliphatic carbocycles. The lowest BCUT2D eigenvalue weighted by Crippen LogP contribution is -2.26. The largest absolute Gasteiger partial charge is 0.428 e. The van der Waals surface area contributed by atoms with Crippen molar-refractivity contribution in [1.82, 2.24) is 0 Å². The first-order chi connectivity index (χ1) is 9.54. The summed E-state index contributed by atoms with van der Waals surface area (Å²) < 4.78 is 10.3. The Hall–Kier alpha value is -2.07. The summed E-state index contributed by atoms with van der Waals surface area (Å²) in [5.41, 5.74) is 0.758. The van der Waals surface area contributed by atoms with Gasteiger partial charge in [0.25, 0.3) is 0 Å². The summed E-state index contributed by atoms with van der Waals surface area (Å²) in [6.45, 7) is 1.64. The third-order valence-corrected chi connectivity index (χ3v) is 3.54. The Morgan fingerprint density at radius 2 is 1.90 bits per heavy atom. The molecule has 0 N–H and O–H groups in total. The van der Waals surface area contributed by atoms with Crippen molar-refractivity contribution < 1.29 is 13.9 Å². The van der Waals surface area contributed by atoms with Crippen LogP contribution in [-0.4, -0.2) is 5.97 Å². The molecule has 0 radical (unpaired) electrons. The molecule has 1 aliphatic heterocycles. The molecule has 102 valence electrons. The second-order valence-electron chi connectivity index (χ2n) is 4.70. The van der Waals surface area contributed by atoms with Gasteiger partial charge in [-0.05, 0) is 24.6 Å². The molecule has 20 heavy (non-hydrogen) atoms. The molecule has 1 atom stereocenters. The standard InChI is InChI=1S/C15H11ClO4/c1-8-6-12-14(15(18)19-8)11(7-13(17)20-12)9-2-4-10(16)5-3-9/h2-6,11H,7H2,1H3. The van der Waals surface area contributed by atoms with E-state index < -0.39 is 5.63 Å². The number of carbonyl (C=O) groups excluding carboxylic acids is 1. The third-order valence-electron chi connectivity index (χ3n) is 3.29. The molecule has 1 aliphatic rings. The van der Waals surface area contributed by atoms with Crippen LogP contribution < -0.4 is 10.4 Å². The zero-order valence-electron chi connectivity index (χ0n) is 10.7. The molecule has 1 aromatic carbocycles. The Morgan fingerprint density at radius 3 is 2.60 bits per heavy atom. The Morgan fingerprint density at radius 1 is 1.20 bits per heavy atom. The summed E-state index contributed by atoms with van der Waals surface area (Å²) in [4.78, 5) is 23.8. The fourth-order valence-corrected chi connectivity index (χ4v) is 2.53. The first-order valence-electron chi connectivity index (χ1n) is 6.15. The van der Waals surface area contributed by atoms with Gasteiger partial charge in [0.1, 0.15) is 11.5 Å². The van der Waals surface area contributed by atoms with Gasteiger partial charge in [0, 0.05) is 17.0 Å². The van der Waals surface area contributed by atoms with E-state index in [0.717, 1.165) is 5.56 Å². The van der Waals surface area contributed by atoms with Gasteiger partial charge in [0.05, 0.1) is 12.0 Å². The van der Waals surface area contributed by atoms with E-state index in [0.29, 0.717) is 16.3 Å². The smallest absolute Gasteiger partial charge is 0.343 e. The van der Waals surface area contributed by atoms with Crippen molar-refractivity contribution in [2.45, 2.75) is 19.3 Å².